The third-order valence-corrected chi connectivity index (χ3v) is 1.95. The first-order valence-electron chi connectivity index (χ1n) is 3.11. The van der Waals surface area contributed by atoms with Crippen molar-refractivity contribution in [2.24, 2.45) is 0 Å². The van der Waals surface area contributed by atoms with Gasteiger partial charge >= 0.3 is 6.18 Å². The Morgan fingerprint density at radius 1 is 1.54 bits per heavy atom. The predicted octanol–water partition coefficient (Wildman–Crippen LogP) is 2.75. The van der Waals surface area contributed by atoms with Gasteiger partial charge in [0.1, 0.15) is 0 Å². The van der Waals surface area contributed by atoms with Gasteiger partial charge in [0.2, 0.25) is 0 Å². The molecule has 70 valence electrons. The largest absolute Gasteiger partial charge is 0.434 e. The fourth-order valence-electron chi connectivity index (χ4n) is 0.570. The molecule has 0 spiro atoms. The van der Waals surface area contributed by atoms with E-state index in [9.17, 15) is 13.2 Å². The van der Waals surface area contributed by atoms with Gasteiger partial charge in [0.05, 0.1) is 5.88 Å². The Bertz CT molecular complexity index is 347. The Morgan fingerprint density at radius 3 is 2.69 bits per heavy atom. The van der Waals surface area contributed by atoms with Gasteiger partial charge in [-0.3, -0.25) is 0 Å². The number of nitrogens with zero attached hydrogens (tertiary/aromatic N) is 1. The van der Waals surface area contributed by atoms with E-state index < -0.39 is 11.9 Å². The first-order valence-corrected chi connectivity index (χ1v) is 4.53. The summed E-state index contributed by atoms with van der Waals surface area (Å²) in [7, 11) is 0. The van der Waals surface area contributed by atoms with Crippen LogP contribution in [0.25, 0.3) is 0 Å². The second kappa shape index (κ2) is 3.99. The van der Waals surface area contributed by atoms with Gasteiger partial charge in [-0.05, 0) is 5.92 Å². The lowest BCUT2D eigenvalue weighted by Gasteiger charge is -1.98. The fraction of sp³-hybridized carbons (Fsp3) is 0.286. The van der Waals surface area contributed by atoms with Crippen LogP contribution in [0.2, 0.25) is 0 Å². The van der Waals surface area contributed by atoms with Crippen LogP contribution in [0, 0.1) is 11.8 Å². The highest BCUT2D eigenvalue weighted by Gasteiger charge is 2.33. The van der Waals surface area contributed by atoms with Crippen LogP contribution in [-0.2, 0) is 6.18 Å². The van der Waals surface area contributed by atoms with Crippen LogP contribution in [0.5, 0.6) is 0 Å². The lowest BCUT2D eigenvalue weighted by molar-refractivity contribution is -0.140. The van der Waals surface area contributed by atoms with E-state index in [-0.39, 0.29) is 10.9 Å². The van der Waals surface area contributed by atoms with Crippen molar-refractivity contribution in [1.82, 2.24) is 4.98 Å². The summed E-state index contributed by atoms with van der Waals surface area (Å²) in [6.45, 7) is 0. The van der Waals surface area contributed by atoms with Crippen LogP contribution in [0.4, 0.5) is 13.2 Å². The number of thiazole rings is 1. The minimum Gasteiger partial charge on any atom is -0.223 e. The summed E-state index contributed by atoms with van der Waals surface area (Å²) >= 11 is 6.08. The molecule has 0 aliphatic heterocycles. The van der Waals surface area contributed by atoms with Gasteiger partial charge in [-0.1, -0.05) is 5.92 Å². The molecule has 0 amide bonds. The number of aromatic nitrogens is 1. The zero-order chi connectivity index (χ0) is 9.90. The van der Waals surface area contributed by atoms with Gasteiger partial charge in [0.15, 0.2) is 10.7 Å². The maximum Gasteiger partial charge on any atom is 0.434 e. The number of hydrogen-bond acceptors (Lipinski definition) is 2. The van der Waals surface area contributed by atoms with E-state index in [0.29, 0.717) is 0 Å². The van der Waals surface area contributed by atoms with Gasteiger partial charge in [0, 0.05) is 5.38 Å². The van der Waals surface area contributed by atoms with E-state index in [4.69, 9.17) is 11.6 Å². The van der Waals surface area contributed by atoms with E-state index in [1.54, 1.807) is 0 Å². The maximum absolute atomic E-state index is 12.0. The Hall–Kier alpha value is -0.730. The molecule has 0 bridgehead atoms. The third kappa shape index (κ3) is 2.90. The first-order chi connectivity index (χ1) is 6.04. The van der Waals surface area contributed by atoms with Crippen LogP contribution >= 0.6 is 22.9 Å². The Balaban J connectivity index is 2.87. The molecule has 1 nitrogen and oxygen atoms in total. The number of hydrogen-bond donors (Lipinski definition) is 0. The molecule has 0 N–H and O–H groups in total. The van der Waals surface area contributed by atoms with E-state index in [1.807, 2.05) is 0 Å². The van der Waals surface area contributed by atoms with Crippen molar-refractivity contribution >= 4 is 22.9 Å². The van der Waals surface area contributed by atoms with Crippen molar-refractivity contribution in [1.29, 1.82) is 0 Å². The summed E-state index contributed by atoms with van der Waals surface area (Å²) in [5, 5.41) is 1.06. The third-order valence-electron chi connectivity index (χ3n) is 1.06. The molecule has 13 heavy (non-hydrogen) atoms. The van der Waals surface area contributed by atoms with E-state index >= 15 is 0 Å². The second-order valence-corrected chi connectivity index (χ2v) is 3.10. The zero-order valence-electron chi connectivity index (χ0n) is 6.15. The molecule has 0 aliphatic carbocycles. The van der Waals surface area contributed by atoms with Crippen molar-refractivity contribution in [3.8, 4) is 11.8 Å². The van der Waals surface area contributed by atoms with Gasteiger partial charge < -0.3 is 0 Å². The molecule has 6 heteroatoms. The fourth-order valence-corrected chi connectivity index (χ4v) is 1.33. The van der Waals surface area contributed by atoms with Gasteiger partial charge in [-0.25, -0.2) is 4.98 Å². The molecule has 0 unspecified atom stereocenters. The monoisotopic (exact) mass is 225 g/mol. The van der Waals surface area contributed by atoms with Gasteiger partial charge in [-0.2, -0.15) is 13.2 Å². The SMILES string of the molecule is FC(F)(F)c1csc(C#CCCl)n1. The van der Waals surface area contributed by atoms with Crippen molar-refractivity contribution in [3.63, 3.8) is 0 Å². The molecular formula is C7H3ClF3NS. The van der Waals surface area contributed by atoms with E-state index in [2.05, 4.69) is 16.8 Å². The molecule has 0 fully saturated rings. The van der Waals surface area contributed by atoms with Crippen molar-refractivity contribution in [2.45, 2.75) is 6.18 Å². The summed E-state index contributed by atoms with van der Waals surface area (Å²) in [5.41, 5.74) is -0.906. The molecule has 1 aromatic rings. The van der Waals surface area contributed by atoms with Crippen molar-refractivity contribution < 1.29 is 13.2 Å². The van der Waals surface area contributed by atoms with Crippen LogP contribution in [-0.4, -0.2) is 10.9 Å². The van der Waals surface area contributed by atoms with E-state index in [0.717, 1.165) is 16.7 Å². The van der Waals surface area contributed by atoms with Crippen molar-refractivity contribution in [2.75, 3.05) is 5.88 Å². The summed E-state index contributed by atoms with van der Waals surface area (Å²) < 4.78 is 36.0. The summed E-state index contributed by atoms with van der Waals surface area (Å²) in [5.74, 6) is 4.92. The second-order valence-electron chi connectivity index (χ2n) is 1.97. The molecule has 1 rings (SSSR count). The predicted molar refractivity (Wildman–Crippen MR) is 44.7 cm³/mol. The Kier molecular flexibility index (Phi) is 3.17. The van der Waals surface area contributed by atoms with Gasteiger partial charge in [0.25, 0.3) is 0 Å². The zero-order valence-corrected chi connectivity index (χ0v) is 7.72. The number of rotatable bonds is 0. The smallest absolute Gasteiger partial charge is 0.223 e. The number of alkyl halides is 4. The van der Waals surface area contributed by atoms with Gasteiger partial charge in [-0.15, -0.1) is 22.9 Å². The highest BCUT2D eigenvalue weighted by Crippen LogP contribution is 2.29. The standard InChI is InChI=1S/C7H3ClF3NS/c8-3-1-2-6-12-5(4-13-6)7(9,10)11/h4H,3H2. The maximum atomic E-state index is 12.0. The lowest BCUT2D eigenvalue weighted by atomic mass is 10.5. The Labute approximate surface area is 81.6 Å². The molecule has 0 saturated carbocycles. The Morgan fingerprint density at radius 2 is 2.23 bits per heavy atom. The highest BCUT2D eigenvalue weighted by atomic mass is 35.5. The summed E-state index contributed by atoms with van der Waals surface area (Å²) in [4.78, 5) is 3.28. The molecule has 0 atom stereocenters. The van der Waals surface area contributed by atoms with E-state index in [1.165, 1.54) is 0 Å². The van der Waals surface area contributed by atoms with Crippen molar-refractivity contribution in [3.05, 3.63) is 16.1 Å². The van der Waals surface area contributed by atoms with Crippen LogP contribution in [0.1, 0.15) is 10.7 Å². The highest BCUT2D eigenvalue weighted by molar-refractivity contribution is 7.10. The molecule has 1 heterocycles. The molecule has 0 saturated heterocycles. The quantitative estimate of drug-likeness (QED) is 0.489. The minimum atomic E-state index is -4.39. The first kappa shape index (κ1) is 10.4. The molecule has 0 radical (unpaired) electrons. The summed E-state index contributed by atoms with van der Waals surface area (Å²) in [6.07, 6.45) is -4.39. The van der Waals surface area contributed by atoms with Crippen LogP contribution in [0.3, 0.4) is 0 Å². The van der Waals surface area contributed by atoms with Crippen LogP contribution < -0.4 is 0 Å². The normalized spacial score (nSPS) is 10.8. The molecular weight excluding hydrogens is 223 g/mol. The topological polar surface area (TPSA) is 12.9 Å². The molecule has 0 aliphatic rings. The lowest BCUT2D eigenvalue weighted by Crippen LogP contribution is -2.04. The molecule has 0 aromatic carbocycles. The minimum absolute atomic E-state index is 0.0843. The average molecular weight is 226 g/mol. The average Bonchev–Trinajstić information content (AvgIpc) is 2.47. The summed E-state index contributed by atoms with van der Waals surface area (Å²) in [6, 6.07) is 0. The number of halogens is 4. The van der Waals surface area contributed by atoms with Crippen LogP contribution in [0.15, 0.2) is 5.38 Å². The molecule has 1 aromatic heterocycles.